The minimum absolute atomic E-state index is 0.0145. The van der Waals surface area contributed by atoms with E-state index in [1.165, 1.54) is 0 Å². The molecule has 1 atom stereocenters. The molecule has 0 saturated heterocycles. The molecule has 0 fully saturated rings. The number of fused-ring (bicyclic) bond motifs is 1. The van der Waals surface area contributed by atoms with Gasteiger partial charge in [-0.05, 0) is 30.2 Å². The minimum Gasteiger partial charge on any atom is -0.492 e. The largest absolute Gasteiger partial charge is 0.492 e. The van der Waals surface area contributed by atoms with Crippen LogP contribution in [0.25, 0.3) is 0 Å². The molecule has 19 heavy (non-hydrogen) atoms. The van der Waals surface area contributed by atoms with Gasteiger partial charge in [-0.1, -0.05) is 36.4 Å². The smallest absolute Gasteiger partial charge is 0.231 e. The van der Waals surface area contributed by atoms with Gasteiger partial charge in [-0.2, -0.15) is 0 Å². The van der Waals surface area contributed by atoms with Crippen molar-refractivity contribution < 1.29 is 9.53 Å². The highest BCUT2D eigenvalue weighted by Crippen LogP contribution is 2.27. The van der Waals surface area contributed by atoms with Gasteiger partial charge in [-0.25, -0.2) is 0 Å². The summed E-state index contributed by atoms with van der Waals surface area (Å²) in [6.45, 7) is 0.440. The number of anilines is 1. The Kier molecular flexibility index (Phi) is 3.19. The first-order valence-electron chi connectivity index (χ1n) is 6.39. The maximum absolute atomic E-state index is 12.2. The molecule has 0 spiro atoms. The lowest BCUT2D eigenvalue weighted by Crippen LogP contribution is -2.32. The molecule has 96 valence electrons. The van der Waals surface area contributed by atoms with E-state index in [0.717, 1.165) is 23.4 Å². The van der Waals surface area contributed by atoms with E-state index in [2.05, 4.69) is 5.32 Å². The standard InChI is InChI=1S/C16H15NO2/c18-16(17-14-7-2-1-3-8-14)13-10-12-6-4-5-9-15(12)19-11-13/h1-9,13H,10-11H2,(H,17,18). The van der Waals surface area contributed by atoms with Gasteiger partial charge >= 0.3 is 0 Å². The molecule has 0 radical (unpaired) electrons. The molecule has 0 aliphatic carbocycles. The number of ether oxygens (including phenoxy) is 1. The van der Waals surface area contributed by atoms with Crippen molar-refractivity contribution in [2.45, 2.75) is 6.42 Å². The third kappa shape index (κ3) is 2.60. The first kappa shape index (κ1) is 11.8. The van der Waals surface area contributed by atoms with Gasteiger partial charge in [-0.15, -0.1) is 0 Å². The van der Waals surface area contributed by atoms with Crippen molar-refractivity contribution in [3.63, 3.8) is 0 Å². The van der Waals surface area contributed by atoms with E-state index in [0.29, 0.717) is 6.61 Å². The molecule has 0 bridgehead atoms. The van der Waals surface area contributed by atoms with Gasteiger partial charge in [0, 0.05) is 5.69 Å². The minimum atomic E-state index is -0.130. The Morgan fingerprint density at radius 2 is 1.79 bits per heavy atom. The molecule has 3 rings (SSSR count). The lowest BCUT2D eigenvalue weighted by Gasteiger charge is -2.24. The van der Waals surface area contributed by atoms with Crippen molar-refractivity contribution in [3.05, 3.63) is 60.2 Å². The molecule has 1 aliphatic heterocycles. The Morgan fingerprint density at radius 3 is 2.63 bits per heavy atom. The number of para-hydroxylation sites is 2. The summed E-state index contributed by atoms with van der Waals surface area (Å²) in [6.07, 6.45) is 0.731. The summed E-state index contributed by atoms with van der Waals surface area (Å²) in [4.78, 5) is 12.2. The number of nitrogens with one attached hydrogen (secondary N) is 1. The van der Waals surface area contributed by atoms with Crippen LogP contribution in [0.4, 0.5) is 5.69 Å². The molecule has 0 aromatic heterocycles. The van der Waals surface area contributed by atoms with Crippen LogP contribution < -0.4 is 10.1 Å². The van der Waals surface area contributed by atoms with E-state index in [1.54, 1.807) is 0 Å². The second-order valence-corrected chi connectivity index (χ2v) is 4.68. The fraction of sp³-hybridized carbons (Fsp3) is 0.188. The number of carbonyl (C=O) groups is 1. The van der Waals surface area contributed by atoms with Crippen LogP contribution in [0, 0.1) is 5.92 Å². The second-order valence-electron chi connectivity index (χ2n) is 4.68. The van der Waals surface area contributed by atoms with Gasteiger partial charge < -0.3 is 10.1 Å². The zero-order valence-electron chi connectivity index (χ0n) is 10.5. The summed E-state index contributed by atoms with van der Waals surface area (Å²) >= 11 is 0. The lowest BCUT2D eigenvalue weighted by atomic mass is 9.96. The van der Waals surface area contributed by atoms with E-state index in [-0.39, 0.29) is 11.8 Å². The summed E-state index contributed by atoms with van der Waals surface area (Å²) < 4.78 is 5.63. The fourth-order valence-electron chi connectivity index (χ4n) is 2.26. The van der Waals surface area contributed by atoms with Gasteiger partial charge in [0.05, 0.1) is 5.92 Å². The lowest BCUT2D eigenvalue weighted by molar-refractivity contribution is -0.121. The molecule has 1 heterocycles. The van der Waals surface area contributed by atoms with Crippen molar-refractivity contribution in [3.8, 4) is 5.75 Å². The van der Waals surface area contributed by atoms with E-state index >= 15 is 0 Å². The Bertz CT molecular complexity index is 580. The average Bonchev–Trinajstić information content (AvgIpc) is 2.48. The second kappa shape index (κ2) is 5.14. The Balaban J connectivity index is 1.70. The maximum Gasteiger partial charge on any atom is 0.231 e. The topological polar surface area (TPSA) is 38.3 Å². The van der Waals surface area contributed by atoms with Crippen LogP contribution in [0.3, 0.4) is 0 Å². The third-order valence-electron chi connectivity index (χ3n) is 3.29. The Labute approximate surface area is 112 Å². The van der Waals surface area contributed by atoms with Gasteiger partial charge in [0.1, 0.15) is 12.4 Å². The number of carbonyl (C=O) groups excluding carboxylic acids is 1. The Hall–Kier alpha value is -2.29. The normalized spacial score (nSPS) is 17.2. The van der Waals surface area contributed by atoms with Crippen LogP contribution in [0.15, 0.2) is 54.6 Å². The van der Waals surface area contributed by atoms with Gasteiger partial charge in [-0.3, -0.25) is 4.79 Å². The van der Waals surface area contributed by atoms with Crippen LogP contribution in [0.5, 0.6) is 5.75 Å². The van der Waals surface area contributed by atoms with Gasteiger partial charge in [0.25, 0.3) is 0 Å². The summed E-state index contributed by atoms with van der Waals surface area (Å²) in [5.74, 6) is 0.780. The molecule has 0 saturated carbocycles. The molecule has 1 unspecified atom stereocenters. The predicted octanol–water partition coefficient (Wildman–Crippen LogP) is 2.88. The van der Waals surface area contributed by atoms with Crippen molar-refractivity contribution in [1.29, 1.82) is 0 Å². The quantitative estimate of drug-likeness (QED) is 0.893. The first-order valence-corrected chi connectivity index (χ1v) is 6.39. The SMILES string of the molecule is O=C(Nc1ccccc1)C1COc2ccccc2C1. The number of benzene rings is 2. The van der Waals surface area contributed by atoms with Crippen molar-refractivity contribution in [1.82, 2.24) is 0 Å². The molecule has 1 aliphatic rings. The highest BCUT2D eigenvalue weighted by atomic mass is 16.5. The van der Waals surface area contributed by atoms with E-state index in [1.807, 2.05) is 54.6 Å². The van der Waals surface area contributed by atoms with Crippen molar-refractivity contribution in [2.75, 3.05) is 11.9 Å². The molecule has 3 heteroatoms. The number of rotatable bonds is 2. The van der Waals surface area contributed by atoms with Crippen molar-refractivity contribution in [2.24, 2.45) is 5.92 Å². The van der Waals surface area contributed by atoms with E-state index in [9.17, 15) is 4.79 Å². The molecular weight excluding hydrogens is 238 g/mol. The average molecular weight is 253 g/mol. The van der Waals surface area contributed by atoms with E-state index in [4.69, 9.17) is 4.74 Å². The number of hydrogen-bond donors (Lipinski definition) is 1. The zero-order chi connectivity index (χ0) is 13.1. The van der Waals surface area contributed by atoms with Crippen LogP contribution in [0.1, 0.15) is 5.56 Å². The number of hydrogen-bond acceptors (Lipinski definition) is 2. The fourth-order valence-corrected chi connectivity index (χ4v) is 2.26. The zero-order valence-corrected chi connectivity index (χ0v) is 10.5. The third-order valence-corrected chi connectivity index (χ3v) is 3.29. The highest BCUT2D eigenvalue weighted by molar-refractivity contribution is 5.93. The van der Waals surface area contributed by atoms with Crippen molar-refractivity contribution >= 4 is 11.6 Å². The van der Waals surface area contributed by atoms with Gasteiger partial charge in [0.2, 0.25) is 5.91 Å². The molecule has 2 aromatic carbocycles. The van der Waals surface area contributed by atoms with E-state index < -0.39 is 0 Å². The monoisotopic (exact) mass is 253 g/mol. The van der Waals surface area contributed by atoms with Crippen LogP contribution >= 0.6 is 0 Å². The first-order chi connectivity index (χ1) is 9.33. The number of amides is 1. The van der Waals surface area contributed by atoms with Gasteiger partial charge in [0.15, 0.2) is 0 Å². The summed E-state index contributed by atoms with van der Waals surface area (Å²) in [5, 5.41) is 2.92. The van der Waals surface area contributed by atoms with Crippen LogP contribution in [-0.4, -0.2) is 12.5 Å². The predicted molar refractivity (Wildman–Crippen MR) is 74.2 cm³/mol. The highest BCUT2D eigenvalue weighted by Gasteiger charge is 2.25. The Morgan fingerprint density at radius 1 is 1.05 bits per heavy atom. The van der Waals surface area contributed by atoms with Crippen LogP contribution in [-0.2, 0) is 11.2 Å². The molecule has 3 nitrogen and oxygen atoms in total. The molecule has 1 N–H and O–H groups in total. The molecule has 2 aromatic rings. The summed E-state index contributed by atoms with van der Waals surface area (Å²) in [5.41, 5.74) is 1.92. The maximum atomic E-state index is 12.2. The summed E-state index contributed by atoms with van der Waals surface area (Å²) in [7, 11) is 0. The summed E-state index contributed by atoms with van der Waals surface area (Å²) in [6, 6.07) is 17.4. The molecular formula is C16H15NO2. The van der Waals surface area contributed by atoms with Crippen LogP contribution in [0.2, 0.25) is 0 Å². The molecule has 1 amide bonds.